The molecule has 1 aromatic carbocycles. The topological polar surface area (TPSA) is 59.2 Å². The van der Waals surface area contributed by atoms with Crippen molar-refractivity contribution in [1.82, 2.24) is 9.88 Å². The standard InChI is InChI=1S/C13H13BrFN3OS/c1-7-17-5-8(20-7)6-18(2)13(19)9-3-12(16)11(15)4-10(9)14/h3-5H,6,16H2,1-2H3. The van der Waals surface area contributed by atoms with Gasteiger partial charge in [-0.3, -0.25) is 4.79 Å². The number of carbonyl (C=O) groups excluding carboxylic acids is 1. The maximum Gasteiger partial charge on any atom is 0.255 e. The van der Waals surface area contributed by atoms with Gasteiger partial charge in [-0.15, -0.1) is 11.3 Å². The predicted octanol–water partition coefficient (Wildman–Crippen LogP) is 3.21. The van der Waals surface area contributed by atoms with Gasteiger partial charge in [-0.05, 0) is 35.0 Å². The fourth-order valence-corrected chi connectivity index (χ4v) is 3.05. The number of thiazole rings is 1. The zero-order valence-electron chi connectivity index (χ0n) is 11.0. The summed E-state index contributed by atoms with van der Waals surface area (Å²) in [5.41, 5.74) is 5.81. The van der Waals surface area contributed by atoms with Crippen LogP contribution in [0.5, 0.6) is 0 Å². The molecule has 1 aromatic heterocycles. The minimum absolute atomic E-state index is 0.0430. The van der Waals surface area contributed by atoms with Crippen molar-refractivity contribution in [3.05, 3.63) is 44.1 Å². The molecule has 2 N–H and O–H groups in total. The predicted molar refractivity (Wildman–Crippen MR) is 81.2 cm³/mol. The summed E-state index contributed by atoms with van der Waals surface area (Å²) in [6.07, 6.45) is 1.75. The molecule has 1 heterocycles. The highest BCUT2D eigenvalue weighted by molar-refractivity contribution is 9.10. The van der Waals surface area contributed by atoms with Gasteiger partial charge in [-0.25, -0.2) is 9.37 Å². The van der Waals surface area contributed by atoms with Crippen molar-refractivity contribution in [3.8, 4) is 0 Å². The molecule has 2 aromatic rings. The Balaban J connectivity index is 2.20. The average Bonchev–Trinajstić information content (AvgIpc) is 2.78. The molecule has 0 atom stereocenters. The summed E-state index contributed by atoms with van der Waals surface area (Å²) < 4.78 is 13.7. The lowest BCUT2D eigenvalue weighted by Gasteiger charge is -2.17. The van der Waals surface area contributed by atoms with Crippen LogP contribution in [0.15, 0.2) is 22.8 Å². The van der Waals surface area contributed by atoms with Crippen LogP contribution in [0.3, 0.4) is 0 Å². The van der Waals surface area contributed by atoms with Gasteiger partial charge in [-0.1, -0.05) is 0 Å². The van der Waals surface area contributed by atoms with Crippen molar-refractivity contribution in [2.75, 3.05) is 12.8 Å². The number of hydrogen-bond acceptors (Lipinski definition) is 4. The second-order valence-corrected chi connectivity index (χ2v) is 6.53. The Morgan fingerprint density at radius 3 is 2.85 bits per heavy atom. The van der Waals surface area contributed by atoms with Gasteiger partial charge in [-0.2, -0.15) is 0 Å². The van der Waals surface area contributed by atoms with Crippen LogP contribution in [0.4, 0.5) is 10.1 Å². The lowest BCUT2D eigenvalue weighted by molar-refractivity contribution is 0.0785. The molecule has 7 heteroatoms. The first kappa shape index (κ1) is 14.9. The Bertz CT molecular complexity index is 659. The lowest BCUT2D eigenvalue weighted by Crippen LogP contribution is -2.26. The van der Waals surface area contributed by atoms with E-state index < -0.39 is 5.82 Å². The van der Waals surface area contributed by atoms with E-state index in [1.807, 2.05) is 6.92 Å². The molecular formula is C13H13BrFN3OS. The van der Waals surface area contributed by atoms with Crippen LogP contribution in [0, 0.1) is 12.7 Å². The fourth-order valence-electron chi connectivity index (χ4n) is 1.72. The highest BCUT2D eigenvalue weighted by Gasteiger charge is 2.18. The maximum atomic E-state index is 13.3. The van der Waals surface area contributed by atoms with Crippen molar-refractivity contribution in [1.29, 1.82) is 0 Å². The minimum Gasteiger partial charge on any atom is -0.396 e. The van der Waals surface area contributed by atoms with Crippen LogP contribution in [0.1, 0.15) is 20.2 Å². The zero-order valence-corrected chi connectivity index (χ0v) is 13.4. The molecule has 0 saturated carbocycles. The summed E-state index contributed by atoms with van der Waals surface area (Å²) in [4.78, 5) is 19.0. The monoisotopic (exact) mass is 357 g/mol. The number of carbonyl (C=O) groups is 1. The third kappa shape index (κ3) is 3.16. The number of nitrogens with two attached hydrogens (primary N) is 1. The van der Waals surface area contributed by atoms with E-state index in [0.29, 0.717) is 16.6 Å². The van der Waals surface area contributed by atoms with Crippen LogP contribution in [-0.2, 0) is 6.54 Å². The van der Waals surface area contributed by atoms with Gasteiger partial charge in [0.05, 0.1) is 22.8 Å². The quantitative estimate of drug-likeness (QED) is 0.858. The third-order valence-corrected chi connectivity index (χ3v) is 4.28. The molecule has 20 heavy (non-hydrogen) atoms. The van der Waals surface area contributed by atoms with Crippen LogP contribution >= 0.6 is 27.3 Å². The molecule has 1 amide bonds. The van der Waals surface area contributed by atoms with E-state index in [9.17, 15) is 9.18 Å². The highest BCUT2D eigenvalue weighted by atomic mass is 79.9. The summed E-state index contributed by atoms with van der Waals surface area (Å²) in [5, 5.41) is 0.952. The van der Waals surface area contributed by atoms with Crippen LogP contribution in [-0.4, -0.2) is 22.8 Å². The number of aryl methyl sites for hydroxylation is 1. The number of amides is 1. The van der Waals surface area contributed by atoms with E-state index in [2.05, 4.69) is 20.9 Å². The van der Waals surface area contributed by atoms with Gasteiger partial charge in [0.2, 0.25) is 0 Å². The normalized spacial score (nSPS) is 10.6. The Labute approximate surface area is 128 Å². The summed E-state index contributed by atoms with van der Waals surface area (Å²) in [7, 11) is 1.68. The third-order valence-electron chi connectivity index (χ3n) is 2.73. The molecule has 0 aliphatic rings. The summed E-state index contributed by atoms with van der Waals surface area (Å²) in [5.74, 6) is -0.774. The van der Waals surface area contributed by atoms with Crippen LogP contribution in [0.25, 0.3) is 0 Å². The van der Waals surface area contributed by atoms with E-state index in [-0.39, 0.29) is 11.6 Å². The molecule has 0 bridgehead atoms. The van der Waals surface area contributed by atoms with Gasteiger partial charge in [0, 0.05) is 22.6 Å². The molecule has 2 rings (SSSR count). The number of aromatic nitrogens is 1. The minimum atomic E-state index is -0.547. The lowest BCUT2D eigenvalue weighted by atomic mass is 10.1. The van der Waals surface area contributed by atoms with Crippen molar-refractivity contribution < 1.29 is 9.18 Å². The Kier molecular flexibility index (Phi) is 4.39. The zero-order chi connectivity index (χ0) is 14.9. The first-order chi connectivity index (χ1) is 9.38. The molecule has 0 fully saturated rings. The summed E-state index contributed by atoms with van der Waals surface area (Å²) in [6.45, 7) is 2.36. The number of nitrogen functional groups attached to an aromatic ring is 1. The molecule has 4 nitrogen and oxygen atoms in total. The average molecular weight is 358 g/mol. The number of anilines is 1. The molecule has 0 aliphatic heterocycles. The number of benzene rings is 1. The van der Waals surface area contributed by atoms with Gasteiger partial charge in [0.1, 0.15) is 5.82 Å². The fraction of sp³-hybridized carbons (Fsp3) is 0.231. The molecule has 0 saturated heterocycles. The summed E-state index contributed by atoms with van der Waals surface area (Å²) in [6, 6.07) is 2.55. The first-order valence-electron chi connectivity index (χ1n) is 5.79. The van der Waals surface area contributed by atoms with E-state index in [0.717, 1.165) is 9.88 Å². The first-order valence-corrected chi connectivity index (χ1v) is 7.40. The van der Waals surface area contributed by atoms with Crippen molar-refractivity contribution in [3.63, 3.8) is 0 Å². The van der Waals surface area contributed by atoms with Crippen molar-refractivity contribution in [2.24, 2.45) is 0 Å². The van der Waals surface area contributed by atoms with Gasteiger partial charge < -0.3 is 10.6 Å². The molecular weight excluding hydrogens is 345 g/mol. The largest absolute Gasteiger partial charge is 0.396 e. The van der Waals surface area contributed by atoms with Crippen molar-refractivity contribution in [2.45, 2.75) is 13.5 Å². The van der Waals surface area contributed by atoms with Gasteiger partial charge in [0.15, 0.2) is 0 Å². The molecule has 0 radical (unpaired) electrons. The molecule has 0 spiro atoms. The van der Waals surface area contributed by atoms with Crippen molar-refractivity contribution >= 4 is 38.9 Å². The maximum absolute atomic E-state index is 13.3. The molecule has 0 aliphatic carbocycles. The number of halogens is 2. The molecule has 106 valence electrons. The number of hydrogen-bond donors (Lipinski definition) is 1. The number of nitrogens with zero attached hydrogens (tertiary/aromatic N) is 2. The Morgan fingerprint density at radius 2 is 2.25 bits per heavy atom. The van der Waals surface area contributed by atoms with Gasteiger partial charge >= 0.3 is 0 Å². The second kappa shape index (κ2) is 5.88. The van der Waals surface area contributed by atoms with Crippen LogP contribution < -0.4 is 5.73 Å². The van der Waals surface area contributed by atoms with E-state index >= 15 is 0 Å². The van der Waals surface area contributed by atoms with E-state index in [1.165, 1.54) is 23.5 Å². The Hall–Kier alpha value is -1.47. The van der Waals surface area contributed by atoms with E-state index in [4.69, 9.17) is 5.73 Å². The highest BCUT2D eigenvalue weighted by Crippen LogP contribution is 2.24. The van der Waals surface area contributed by atoms with Gasteiger partial charge in [0.25, 0.3) is 5.91 Å². The summed E-state index contributed by atoms with van der Waals surface area (Å²) >= 11 is 4.72. The second-order valence-electron chi connectivity index (χ2n) is 4.36. The molecule has 0 unspecified atom stereocenters. The SMILES string of the molecule is Cc1ncc(CN(C)C(=O)c2cc(N)c(F)cc2Br)s1. The van der Waals surface area contributed by atoms with Crippen LogP contribution in [0.2, 0.25) is 0 Å². The number of rotatable bonds is 3. The van der Waals surface area contributed by atoms with E-state index in [1.54, 1.807) is 18.1 Å². The Morgan fingerprint density at radius 1 is 1.55 bits per heavy atom. The smallest absolute Gasteiger partial charge is 0.255 e.